The second-order valence-electron chi connectivity index (χ2n) is 2.92. The molecule has 0 radical (unpaired) electrons. The van der Waals surface area contributed by atoms with Crippen molar-refractivity contribution in [2.45, 2.75) is 6.42 Å². The van der Waals surface area contributed by atoms with Crippen molar-refractivity contribution >= 4 is 17.4 Å². The van der Waals surface area contributed by atoms with Gasteiger partial charge in [0.25, 0.3) is 0 Å². The molecule has 0 unspecified atom stereocenters. The highest BCUT2D eigenvalue weighted by atomic mass is 35.5. The summed E-state index contributed by atoms with van der Waals surface area (Å²) in [5.41, 5.74) is 1.04. The second-order valence-corrected chi connectivity index (χ2v) is 3.33. The molecule has 2 heterocycles. The molecule has 1 N–H and O–H groups in total. The summed E-state index contributed by atoms with van der Waals surface area (Å²) in [6.07, 6.45) is 4.69. The average molecular weight is 223 g/mol. The third-order valence-corrected chi connectivity index (χ3v) is 2.25. The van der Waals surface area contributed by atoms with E-state index in [-0.39, 0.29) is 12.2 Å². The van der Waals surface area contributed by atoms with Crippen LogP contribution in [0, 0.1) is 0 Å². The van der Waals surface area contributed by atoms with Crippen LogP contribution in [0.25, 0.3) is 0 Å². The fraction of sp³-hybridized carbons (Fsp3) is 0.111. The first-order chi connectivity index (χ1) is 7.27. The van der Waals surface area contributed by atoms with Gasteiger partial charge in [0.1, 0.15) is 5.69 Å². The summed E-state index contributed by atoms with van der Waals surface area (Å²) in [4.78, 5) is 15.5. The van der Waals surface area contributed by atoms with Gasteiger partial charge in [0.15, 0.2) is 5.78 Å². The molecule has 0 aliphatic carbocycles. The van der Waals surface area contributed by atoms with Gasteiger partial charge in [0, 0.05) is 18.8 Å². The molecule has 0 bridgehead atoms. The largest absolute Gasteiger partial charge is 0.292 e. The van der Waals surface area contributed by atoms with Gasteiger partial charge in [0.2, 0.25) is 0 Å². The third kappa shape index (κ3) is 2.19. The molecule has 0 amide bonds. The number of nitrogens with one attached hydrogen (secondary N) is 1. The summed E-state index contributed by atoms with van der Waals surface area (Å²) < 4.78 is 0. The van der Waals surface area contributed by atoms with Gasteiger partial charge in [0.05, 0.1) is 11.2 Å². The first kappa shape index (κ1) is 9.79. The highest BCUT2D eigenvalue weighted by Gasteiger charge is 2.11. The molecule has 6 heteroatoms. The van der Waals surface area contributed by atoms with E-state index >= 15 is 0 Å². The molecule has 2 rings (SSSR count). The number of rotatable bonds is 3. The number of aromatic amines is 1. The molecule has 0 aromatic carbocycles. The number of pyridine rings is 1. The fourth-order valence-corrected chi connectivity index (χ4v) is 1.33. The Bertz CT molecular complexity index is 469. The molecule has 0 fully saturated rings. The molecule has 76 valence electrons. The Morgan fingerprint density at radius 3 is 3.00 bits per heavy atom. The molecular weight excluding hydrogens is 216 g/mol. The summed E-state index contributed by atoms with van der Waals surface area (Å²) in [5, 5.41) is 10.1. The third-order valence-electron chi connectivity index (χ3n) is 1.91. The van der Waals surface area contributed by atoms with Crippen molar-refractivity contribution in [2.75, 3.05) is 0 Å². The van der Waals surface area contributed by atoms with Crippen LogP contribution in [0.15, 0.2) is 24.7 Å². The fourth-order valence-electron chi connectivity index (χ4n) is 1.15. The number of H-pyrrole nitrogens is 1. The number of halogens is 1. The summed E-state index contributed by atoms with van der Waals surface area (Å²) in [6, 6.07) is 1.71. The van der Waals surface area contributed by atoms with Crippen LogP contribution in [0.4, 0.5) is 0 Å². The van der Waals surface area contributed by atoms with Crippen LogP contribution in [-0.2, 0) is 6.42 Å². The Balaban J connectivity index is 2.17. The molecule has 0 saturated heterocycles. The zero-order valence-electron chi connectivity index (χ0n) is 7.64. The first-order valence-electron chi connectivity index (χ1n) is 4.24. The van der Waals surface area contributed by atoms with E-state index in [1.807, 2.05) is 0 Å². The number of carbonyl (C=O) groups is 1. The Morgan fingerprint density at radius 1 is 1.47 bits per heavy atom. The Morgan fingerprint density at radius 2 is 2.33 bits per heavy atom. The van der Waals surface area contributed by atoms with Crippen LogP contribution in [0.5, 0.6) is 0 Å². The van der Waals surface area contributed by atoms with Crippen molar-refractivity contribution in [3.8, 4) is 0 Å². The van der Waals surface area contributed by atoms with Crippen LogP contribution in [-0.4, -0.2) is 26.2 Å². The zero-order chi connectivity index (χ0) is 10.7. The lowest BCUT2D eigenvalue weighted by atomic mass is 10.1. The monoisotopic (exact) mass is 222 g/mol. The lowest BCUT2D eigenvalue weighted by Crippen LogP contribution is -2.04. The summed E-state index contributed by atoms with van der Waals surface area (Å²) in [6.45, 7) is 0. The van der Waals surface area contributed by atoms with Gasteiger partial charge in [-0.1, -0.05) is 11.6 Å². The molecule has 0 saturated carbocycles. The molecule has 0 aliphatic rings. The minimum Gasteiger partial charge on any atom is -0.292 e. The minimum absolute atomic E-state index is 0.128. The molecular formula is C9H7ClN4O. The topological polar surface area (TPSA) is 71.5 Å². The maximum Gasteiger partial charge on any atom is 0.189 e. The predicted molar refractivity (Wildman–Crippen MR) is 53.7 cm³/mol. The summed E-state index contributed by atoms with van der Waals surface area (Å²) >= 11 is 5.87. The Labute approximate surface area is 90.5 Å². The molecule has 0 spiro atoms. The molecule has 2 aromatic rings. The van der Waals surface area contributed by atoms with Crippen LogP contribution in [0.3, 0.4) is 0 Å². The van der Waals surface area contributed by atoms with Crippen molar-refractivity contribution in [2.24, 2.45) is 0 Å². The molecule has 15 heavy (non-hydrogen) atoms. The number of aromatic nitrogens is 4. The quantitative estimate of drug-likeness (QED) is 0.794. The molecule has 0 atom stereocenters. The number of hydrogen-bond donors (Lipinski definition) is 1. The van der Waals surface area contributed by atoms with E-state index in [2.05, 4.69) is 20.4 Å². The smallest absolute Gasteiger partial charge is 0.189 e. The van der Waals surface area contributed by atoms with Crippen molar-refractivity contribution < 1.29 is 4.79 Å². The summed E-state index contributed by atoms with van der Waals surface area (Å²) in [7, 11) is 0. The predicted octanol–water partition coefficient (Wildman–Crippen LogP) is 1.28. The second kappa shape index (κ2) is 4.18. The van der Waals surface area contributed by atoms with Gasteiger partial charge in [-0.3, -0.25) is 9.78 Å². The van der Waals surface area contributed by atoms with Gasteiger partial charge in [-0.15, -0.1) is 0 Å². The van der Waals surface area contributed by atoms with E-state index in [1.54, 1.807) is 12.3 Å². The van der Waals surface area contributed by atoms with Crippen molar-refractivity contribution in [3.05, 3.63) is 40.9 Å². The number of nitrogens with zero attached hydrogens (tertiary/aromatic N) is 3. The Kier molecular flexibility index (Phi) is 2.73. The maximum absolute atomic E-state index is 11.6. The van der Waals surface area contributed by atoms with E-state index in [4.69, 9.17) is 11.6 Å². The van der Waals surface area contributed by atoms with E-state index in [1.165, 1.54) is 12.4 Å². The lowest BCUT2D eigenvalue weighted by Gasteiger charge is -1.99. The number of hydrogen-bond acceptors (Lipinski definition) is 4. The Hall–Kier alpha value is -1.75. The van der Waals surface area contributed by atoms with Crippen molar-refractivity contribution in [3.63, 3.8) is 0 Å². The van der Waals surface area contributed by atoms with Crippen LogP contribution in [0.2, 0.25) is 5.02 Å². The molecule has 2 aromatic heterocycles. The highest BCUT2D eigenvalue weighted by Crippen LogP contribution is 2.15. The van der Waals surface area contributed by atoms with E-state index in [9.17, 15) is 4.79 Å². The average Bonchev–Trinajstić information content (AvgIpc) is 2.74. The zero-order valence-corrected chi connectivity index (χ0v) is 8.40. The lowest BCUT2D eigenvalue weighted by molar-refractivity contribution is 0.0988. The SMILES string of the molecule is O=C(Cc1ccncc1Cl)c1cn[nH]n1. The van der Waals surface area contributed by atoms with Crippen LogP contribution in [0.1, 0.15) is 16.1 Å². The standard InChI is InChI=1S/C9H7ClN4O/c10-7-4-11-2-1-6(7)3-9(15)8-5-12-14-13-8/h1-2,4-5H,3H2,(H,12,13,14). The van der Waals surface area contributed by atoms with Crippen molar-refractivity contribution in [1.29, 1.82) is 0 Å². The van der Waals surface area contributed by atoms with Gasteiger partial charge in [-0.05, 0) is 11.6 Å². The molecule has 5 nitrogen and oxygen atoms in total. The van der Waals surface area contributed by atoms with E-state index in [0.29, 0.717) is 10.7 Å². The van der Waals surface area contributed by atoms with Crippen LogP contribution >= 0.6 is 11.6 Å². The highest BCUT2D eigenvalue weighted by molar-refractivity contribution is 6.31. The number of ketones is 1. The molecule has 0 aliphatic heterocycles. The number of Topliss-reactive ketones (excluding diaryl/α,β-unsaturated/α-hetero) is 1. The van der Waals surface area contributed by atoms with Crippen LogP contribution < -0.4 is 0 Å². The number of carbonyl (C=O) groups excluding carboxylic acids is 1. The first-order valence-corrected chi connectivity index (χ1v) is 4.62. The normalized spacial score (nSPS) is 10.2. The van der Waals surface area contributed by atoms with Gasteiger partial charge in [-0.2, -0.15) is 15.4 Å². The van der Waals surface area contributed by atoms with Crippen molar-refractivity contribution in [1.82, 2.24) is 20.4 Å². The minimum atomic E-state index is -0.128. The van der Waals surface area contributed by atoms with E-state index in [0.717, 1.165) is 5.56 Å². The van der Waals surface area contributed by atoms with Gasteiger partial charge in [-0.25, -0.2) is 0 Å². The van der Waals surface area contributed by atoms with E-state index < -0.39 is 0 Å². The van der Waals surface area contributed by atoms with Gasteiger partial charge >= 0.3 is 0 Å². The maximum atomic E-state index is 11.6. The van der Waals surface area contributed by atoms with Gasteiger partial charge < -0.3 is 0 Å². The summed E-state index contributed by atoms with van der Waals surface area (Å²) in [5.74, 6) is -0.128.